The Morgan fingerprint density at radius 3 is 2.81 bits per heavy atom. The van der Waals surface area contributed by atoms with E-state index in [2.05, 4.69) is 5.32 Å². The van der Waals surface area contributed by atoms with E-state index in [-0.39, 0.29) is 28.6 Å². The molecule has 1 unspecified atom stereocenters. The molecule has 2 rings (SSSR count). The first-order valence-corrected chi connectivity index (χ1v) is 9.16. The van der Waals surface area contributed by atoms with Crippen molar-refractivity contribution in [3.63, 3.8) is 0 Å². The predicted molar refractivity (Wildman–Crippen MR) is 79.2 cm³/mol. The first-order chi connectivity index (χ1) is 9.79. The molecule has 0 saturated carbocycles. The van der Waals surface area contributed by atoms with E-state index in [4.69, 9.17) is 15.4 Å². The van der Waals surface area contributed by atoms with Gasteiger partial charge in [0, 0.05) is 36.1 Å². The number of hydrogen-bond donors (Lipinski definition) is 1. The largest absolute Gasteiger partial charge is 0.376 e. The molecule has 8 heteroatoms. The van der Waals surface area contributed by atoms with Crippen molar-refractivity contribution in [2.24, 2.45) is 0 Å². The molecule has 0 aromatic carbocycles. The second-order valence-corrected chi connectivity index (χ2v) is 7.91. The van der Waals surface area contributed by atoms with Crippen LogP contribution in [-0.4, -0.2) is 38.1 Å². The maximum absolute atomic E-state index is 12.2. The van der Waals surface area contributed by atoms with E-state index in [0.29, 0.717) is 6.54 Å². The predicted octanol–water partition coefficient (Wildman–Crippen LogP) is 1.91. The Kier molecular flexibility index (Phi) is 4.95. The SMILES string of the molecule is CC(C)n1cc(S(=O)(=O)Cl)cc1C(=O)NCC1CCCO1. The molecular weight excluding hydrogens is 316 g/mol. The van der Waals surface area contributed by atoms with Gasteiger partial charge in [0.1, 0.15) is 10.6 Å². The first-order valence-electron chi connectivity index (χ1n) is 6.85. The number of amides is 1. The highest BCUT2D eigenvalue weighted by Crippen LogP contribution is 2.22. The molecule has 1 N–H and O–H groups in total. The molecule has 0 aliphatic carbocycles. The van der Waals surface area contributed by atoms with E-state index in [9.17, 15) is 13.2 Å². The van der Waals surface area contributed by atoms with Crippen LogP contribution in [0.5, 0.6) is 0 Å². The Balaban J connectivity index is 2.16. The molecular formula is C13H19ClN2O4S. The zero-order chi connectivity index (χ0) is 15.6. The number of rotatable bonds is 5. The van der Waals surface area contributed by atoms with E-state index < -0.39 is 9.05 Å². The lowest BCUT2D eigenvalue weighted by Crippen LogP contribution is -2.33. The Labute approximate surface area is 128 Å². The molecule has 0 radical (unpaired) electrons. The van der Waals surface area contributed by atoms with Crippen molar-refractivity contribution in [3.8, 4) is 0 Å². The van der Waals surface area contributed by atoms with Gasteiger partial charge in [0.2, 0.25) is 0 Å². The molecule has 1 amide bonds. The molecule has 1 fully saturated rings. The molecule has 1 aromatic rings. The summed E-state index contributed by atoms with van der Waals surface area (Å²) in [6, 6.07) is 1.24. The van der Waals surface area contributed by atoms with E-state index in [1.165, 1.54) is 12.3 Å². The minimum atomic E-state index is -3.86. The summed E-state index contributed by atoms with van der Waals surface area (Å²) in [6.45, 7) is 4.87. The first kappa shape index (κ1) is 16.3. The highest BCUT2D eigenvalue weighted by molar-refractivity contribution is 8.13. The van der Waals surface area contributed by atoms with Crippen LogP contribution >= 0.6 is 10.7 Å². The summed E-state index contributed by atoms with van der Waals surface area (Å²) >= 11 is 0. The lowest BCUT2D eigenvalue weighted by atomic mass is 10.2. The highest BCUT2D eigenvalue weighted by Gasteiger charge is 2.22. The third-order valence-electron chi connectivity index (χ3n) is 3.41. The van der Waals surface area contributed by atoms with E-state index in [0.717, 1.165) is 19.4 Å². The Bertz CT molecular complexity index is 618. The van der Waals surface area contributed by atoms with Gasteiger partial charge in [-0.15, -0.1) is 0 Å². The van der Waals surface area contributed by atoms with Gasteiger partial charge in [-0.05, 0) is 32.8 Å². The number of nitrogens with one attached hydrogen (secondary N) is 1. The van der Waals surface area contributed by atoms with Gasteiger partial charge in [-0.3, -0.25) is 4.79 Å². The van der Waals surface area contributed by atoms with Crippen molar-refractivity contribution in [3.05, 3.63) is 18.0 Å². The smallest absolute Gasteiger partial charge is 0.268 e. The molecule has 1 saturated heterocycles. The number of halogens is 1. The Morgan fingerprint density at radius 2 is 2.29 bits per heavy atom. The minimum Gasteiger partial charge on any atom is -0.376 e. The van der Waals surface area contributed by atoms with Crippen molar-refractivity contribution >= 4 is 25.6 Å². The number of nitrogens with zero attached hydrogens (tertiary/aromatic N) is 1. The molecule has 21 heavy (non-hydrogen) atoms. The van der Waals surface area contributed by atoms with Crippen molar-refractivity contribution in [2.45, 2.75) is 43.7 Å². The standard InChI is InChI=1S/C13H19ClN2O4S/c1-9(2)16-8-11(21(14,18)19)6-12(16)13(17)15-7-10-4-3-5-20-10/h6,8-10H,3-5,7H2,1-2H3,(H,15,17). The normalized spacial score (nSPS) is 19.1. The fraction of sp³-hybridized carbons (Fsp3) is 0.615. The van der Waals surface area contributed by atoms with E-state index >= 15 is 0 Å². The fourth-order valence-electron chi connectivity index (χ4n) is 2.30. The fourth-order valence-corrected chi connectivity index (χ4v) is 3.04. The van der Waals surface area contributed by atoms with Crippen LogP contribution in [0, 0.1) is 0 Å². The molecule has 6 nitrogen and oxygen atoms in total. The summed E-state index contributed by atoms with van der Waals surface area (Å²) in [7, 11) is 1.49. The van der Waals surface area contributed by atoms with Gasteiger partial charge >= 0.3 is 0 Å². The van der Waals surface area contributed by atoms with Crippen LogP contribution in [0.25, 0.3) is 0 Å². The van der Waals surface area contributed by atoms with E-state index in [1.807, 2.05) is 13.8 Å². The molecule has 118 valence electrons. The zero-order valence-electron chi connectivity index (χ0n) is 12.0. The molecule has 1 aliphatic rings. The summed E-state index contributed by atoms with van der Waals surface area (Å²) in [6.07, 6.45) is 3.34. The van der Waals surface area contributed by atoms with Gasteiger partial charge in [0.15, 0.2) is 0 Å². The van der Waals surface area contributed by atoms with Gasteiger partial charge in [-0.2, -0.15) is 0 Å². The number of hydrogen-bond acceptors (Lipinski definition) is 4. The average molecular weight is 335 g/mol. The quantitative estimate of drug-likeness (QED) is 0.834. The topological polar surface area (TPSA) is 77.4 Å². The maximum Gasteiger partial charge on any atom is 0.268 e. The van der Waals surface area contributed by atoms with Gasteiger partial charge in [0.25, 0.3) is 15.0 Å². The number of aromatic nitrogens is 1. The number of ether oxygens (including phenoxy) is 1. The molecule has 2 heterocycles. The van der Waals surface area contributed by atoms with Gasteiger partial charge < -0.3 is 14.6 Å². The lowest BCUT2D eigenvalue weighted by molar-refractivity contribution is 0.0849. The number of carbonyl (C=O) groups is 1. The van der Waals surface area contributed by atoms with Crippen LogP contribution in [0.15, 0.2) is 17.2 Å². The monoisotopic (exact) mass is 334 g/mol. The summed E-state index contributed by atoms with van der Waals surface area (Å²) < 4.78 is 29.9. The molecule has 1 aromatic heterocycles. The zero-order valence-corrected chi connectivity index (χ0v) is 13.6. The molecule has 0 bridgehead atoms. The van der Waals surface area contributed by atoms with Crippen LogP contribution in [0.3, 0.4) is 0 Å². The minimum absolute atomic E-state index is 0.0349. The van der Waals surface area contributed by atoms with Gasteiger partial charge in [0.05, 0.1) is 6.10 Å². The van der Waals surface area contributed by atoms with Gasteiger partial charge in [-0.25, -0.2) is 8.42 Å². The van der Waals surface area contributed by atoms with Crippen LogP contribution in [0.1, 0.15) is 43.2 Å². The van der Waals surface area contributed by atoms with Crippen LogP contribution in [0.4, 0.5) is 0 Å². The molecule has 1 aliphatic heterocycles. The second-order valence-electron chi connectivity index (χ2n) is 5.34. The third-order valence-corrected chi connectivity index (χ3v) is 4.73. The summed E-state index contributed by atoms with van der Waals surface area (Å²) in [5, 5.41) is 2.78. The third kappa shape index (κ3) is 3.99. The van der Waals surface area contributed by atoms with Crippen molar-refractivity contribution in [1.82, 2.24) is 9.88 Å². The average Bonchev–Trinajstić information content (AvgIpc) is 3.04. The maximum atomic E-state index is 12.2. The number of carbonyl (C=O) groups excluding carboxylic acids is 1. The van der Waals surface area contributed by atoms with E-state index in [1.54, 1.807) is 4.57 Å². The van der Waals surface area contributed by atoms with Crippen molar-refractivity contribution < 1.29 is 17.9 Å². The van der Waals surface area contributed by atoms with Crippen molar-refractivity contribution in [1.29, 1.82) is 0 Å². The Morgan fingerprint density at radius 1 is 1.57 bits per heavy atom. The van der Waals surface area contributed by atoms with Crippen LogP contribution < -0.4 is 5.32 Å². The molecule has 0 spiro atoms. The second kappa shape index (κ2) is 6.37. The highest BCUT2D eigenvalue weighted by atomic mass is 35.7. The summed E-state index contributed by atoms with van der Waals surface area (Å²) in [4.78, 5) is 12.2. The lowest BCUT2D eigenvalue weighted by Gasteiger charge is -2.14. The Hall–Kier alpha value is -1.05. The van der Waals surface area contributed by atoms with Gasteiger partial charge in [-0.1, -0.05) is 0 Å². The van der Waals surface area contributed by atoms with Crippen molar-refractivity contribution in [2.75, 3.05) is 13.2 Å². The molecule has 1 atom stereocenters. The summed E-state index contributed by atoms with van der Waals surface area (Å²) in [5.41, 5.74) is 0.280. The summed E-state index contributed by atoms with van der Waals surface area (Å²) in [5.74, 6) is -0.328. The van der Waals surface area contributed by atoms with Crippen LogP contribution in [-0.2, 0) is 13.8 Å². The van der Waals surface area contributed by atoms with Crippen LogP contribution in [0.2, 0.25) is 0 Å².